The van der Waals surface area contributed by atoms with E-state index < -0.39 is 5.91 Å². The Morgan fingerprint density at radius 3 is 2.50 bits per heavy atom. The average molecular weight is 294 g/mol. The van der Waals surface area contributed by atoms with Gasteiger partial charge in [-0.25, -0.2) is 0 Å². The van der Waals surface area contributed by atoms with Crippen LogP contribution in [0.25, 0.3) is 6.08 Å². The fourth-order valence-corrected chi connectivity index (χ4v) is 2.16. The van der Waals surface area contributed by atoms with Crippen molar-refractivity contribution in [1.82, 2.24) is 0 Å². The zero-order chi connectivity index (χ0) is 16.1. The first-order valence-electron chi connectivity index (χ1n) is 6.92. The number of anilines is 1. The summed E-state index contributed by atoms with van der Waals surface area (Å²) in [4.78, 5) is 23.3. The number of para-hydroxylation sites is 1. The molecule has 2 amide bonds. The Hall–Kier alpha value is -2.88. The Balaban J connectivity index is 2.13. The van der Waals surface area contributed by atoms with Crippen LogP contribution in [0.4, 0.5) is 5.69 Å². The highest BCUT2D eigenvalue weighted by atomic mass is 16.2. The number of aryl methyl sites for hydroxylation is 2. The van der Waals surface area contributed by atoms with Crippen molar-refractivity contribution in [3.8, 4) is 0 Å². The summed E-state index contributed by atoms with van der Waals surface area (Å²) in [6.07, 6.45) is 3.19. The molecular formula is C18H18N2O2. The van der Waals surface area contributed by atoms with Crippen LogP contribution in [-0.2, 0) is 4.79 Å². The van der Waals surface area contributed by atoms with E-state index in [0.29, 0.717) is 5.69 Å². The Labute approximate surface area is 129 Å². The maximum Gasteiger partial charge on any atom is 0.250 e. The molecular weight excluding hydrogens is 276 g/mol. The van der Waals surface area contributed by atoms with Crippen molar-refractivity contribution in [1.29, 1.82) is 0 Å². The number of carbonyl (C=O) groups excluding carboxylic acids is 2. The fourth-order valence-electron chi connectivity index (χ4n) is 2.16. The summed E-state index contributed by atoms with van der Waals surface area (Å²) in [5.74, 6) is -0.886. The van der Waals surface area contributed by atoms with E-state index in [1.54, 1.807) is 30.3 Å². The maximum atomic E-state index is 12.0. The van der Waals surface area contributed by atoms with Crippen LogP contribution in [0, 0.1) is 13.8 Å². The number of primary amides is 1. The lowest BCUT2D eigenvalue weighted by Crippen LogP contribution is -2.16. The highest BCUT2D eigenvalue weighted by molar-refractivity contribution is 6.07. The number of amides is 2. The summed E-state index contributed by atoms with van der Waals surface area (Å²) in [7, 11) is 0. The molecule has 0 atom stereocenters. The van der Waals surface area contributed by atoms with Crippen molar-refractivity contribution < 1.29 is 9.59 Å². The van der Waals surface area contributed by atoms with Gasteiger partial charge in [0, 0.05) is 6.08 Å². The summed E-state index contributed by atoms with van der Waals surface area (Å²) >= 11 is 0. The van der Waals surface area contributed by atoms with Crippen molar-refractivity contribution in [2.24, 2.45) is 5.73 Å². The SMILES string of the molecule is Cc1ccc(/C=C/C(=O)Nc2ccccc2C(N)=O)c(C)c1. The van der Waals surface area contributed by atoms with Gasteiger partial charge in [-0.15, -0.1) is 0 Å². The number of carbonyl (C=O) groups is 2. The number of nitrogens with two attached hydrogens (primary N) is 1. The Bertz CT molecular complexity index is 749. The summed E-state index contributed by atoms with van der Waals surface area (Å²) in [6.45, 7) is 4.01. The molecule has 0 aliphatic carbocycles. The number of rotatable bonds is 4. The minimum absolute atomic E-state index is 0.288. The fraction of sp³-hybridized carbons (Fsp3) is 0.111. The molecule has 0 spiro atoms. The molecule has 0 radical (unpaired) electrons. The van der Waals surface area contributed by atoms with Crippen LogP contribution in [0.1, 0.15) is 27.0 Å². The highest BCUT2D eigenvalue weighted by Gasteiger charge is 2.08. The predicted octanol–water partition coefficient (Wildman–Crippen LogP) is 3.05. The largest absolute Gasteiger partial charge is 0.366 e. The van der Waals surface area contributed by atoms with Gasteiger partial charge in [0.15, 0.2) is 0 Å². The van der Waals surface area contributed by atoms with E-state index in [4.69, 9.17) is 5.73 Å². The highest BCUT2D eigenvalue weighted by Crippen LogP contribution is 2.15. The van der Waals surface area contributed by atoms with Crippen molar-refractivity contribution in [2.75, 3.05) is 5.32 Å². The molecule has 0 unspecified atom stereocenters. The van der Waals surface area contributed by atoms with Crippen LogP contribution in [0.3, 0.4) is 0 Å². The summed E-state index contributed by atoms with van der Waals surface area (Å²) in [5, 5.41) is 2.67. The average Bonchev–Trinajstić information content (AvgIpc) is 2.46. The smallest absolute Gasteiger partial charge is 0.250 e. The first-order chi connectivity index (χ1) is 10.5. The number of benzene rings is 2. The van der Waals surface area contributed by atoms with Crippen molar-refractivity contribution in [3.63, 3.8) is 0 Å². The summed E-state index contributed by atoms with van der Waals surface area (Å²) in [6, 6.07) is 12.7. The van der Waals surface area contributed by atoms with Crippen LogP contribution in [-0.4, -0.2) is 11.8 Å². The molecule has 22 heavy (non-hydrogen) atoms. The van der Waals surface area contributed by atoms with Crippen LogP contribution < -0.4 is 11.1 Å². The third-order valence-corrected chi connectivity index (χ3v) is 3.29. The molecule has 2 rings (SSSR count). The van der Waals surface area contributed by atoms with Gasteiger partial charge >= 0.3 is 0 Å². The van der Waals surface area contributed by atoms with E-state index in [9.17, 15) is 9.59 Å². The molecule has 0 heterocycles. The van der Waals surface area contributed by atoms with Crippen molar-refractivity contribution in [2.45, 2.75) is 13.8 Å². The third kappa shape index (κ3) is 3.82. The van der Waals surface area contributed by atoms with Gasteiger partial charge in [0.05, 0.1) is 11.3 Å². The second-order valence-electron chi connectivity index (χ2n) is 5.09. The lowest BCUT2D eigenvalue weighted by molar-refractivity contribution is -0.111. The van der Waals surface area contributed by atoms with Crippen LogP contribution in [0.2, 0.25) is 0 Å². The third-order valence-electron chi connectivity index (χ3n) is 3.29. The van der Waals surface area contributed by atoms with Crippen LogP contribution >= 0.6 is 0 Å². The standard InChI is InChI=1S/C18H18N2O2/c1-12-7-8-14(13(2)11-12)9-10-17(21)20-16-6-4-3-5-15(16)18(19)22/h3-11H,1-2H3,(H2,19,22)(H,20,21)/b10-9+. The first-order valence-corrected chi connectivity index (χ1v) is 6.92. The van der Waals surface area contributed by atoms with Gasteiger partial charge in [0.25, 0.3) is 5.91 Å². The monoisotopic (exact) mass is 294 g/mol. The first kappa shape index (κ1) is 15.5. The van der Waals surface area contributed by atoms with E-state index in [-0.39, 0.29) is 11.5 Å². The molecule has 112 valence electrons. The van der Waals surface area contributed by atoms with Gasteiger partial charge in [-0.2, -0.15) is 0 Å². The molecule has 3 N–H and O–H groups in total. The molecule has 0 fully saturated rings. The van der Waals surface area contributed by atoms with Crippen molar-refractivity contribution in [3.05, 3.63) is 70.8 Å². The van der Waals surface area contributed by atoms with Crippen LogP contribution in [0.5, 0.6) is 0 Å². The molecule has 2 aromatic carbocycles. The van der Waals surface area contributed by atoms with E-state index >= 15 is 0 Å². The van der Waals surface area contributed by atoms with E-state index in [1.165, 1.54) is 11.6 Å². The second-order valence-corrected chi connectivity index (χ2v) is 5.09. The summed E-state index contributed by atoms with van der Waals surface area (Å²) in [5.41, 5.74) is 9.23. The molecule has 4 heteroatoms. The Morgan fingerprint density at radius 2 is 1.82 bits per heavy atom. The van der Waals surface area contributed by atoms with Crippen molar-refractivity contribution >= 4 is 23.6 Å². The predicted molar refractivity (Wildman–Crippen MR) is 88.5 cm³/mol. The minimum atomic E-state index is -0.575. The minimum Gasteiger partial charge on any atom is -0.366 e. The van der Waals surface area contributed by atoms with E-state index in [2.05, 4.69) is 11.4 Å². The van der Waals surface area contributed by atoms with Gasteiger partial charge < -0.3 is 11.1 Å². The Kier molecular flexibility index (Phi) is 4.73. The van der Waals surface area contributed by atoms with E-state index in [1.807, 2.05) is 26.0 Å². The van der Waals surface area contributed by atoms with Crippen LogP contribution in [0.15, 0.2) is 48.5 Å². The van der Waals surface area contributed by atoms with Gasteiger partial charge in [0.2, 0.25) is 5.91 Å². The molecule has 0 aliphatic heterocycles. The molecule has 0 bridgehead atoms. The van der Waals surface area contributed by atoms with E-state index in [0.717, 1.165) is 11.1 Å². The van der Waals surface area contributed by atoms with Gasteiger partial charge in [-0.1, -0.05) is 35.9 Å². The number of hydrogen-bond donors (Lipinski definition) is 2. The second kappa shape index (κ2) is 6.72. The molecule has 2 aromatic rings. The molecule has 0 aromatic heterocycles. The number of hydrogen-bond acceptors (Lipinski definition) is 2. The topological polar surface area (TPSA) is 72.2 Å². The zero-order valence-corrected chi connectivity index (χ0v) is 12.6. The molecule has 0 saturated heterocycles. The maximum absolute atomic E-state index is 12.0. The normalized spacial score (nSPS) is 10.6. The lowest BCUT2D eigenvalue weighted by Gasteiger charge is -2.06. The Morgan fingerprint density at radius 1 is 1.09 bits per heavy atom. The number of nitrogens with one attached hydrogen (secondary N) is 1. The molecule has 0 aliphatic rings. The summed E-state index contributed by atoms with van der Waals surface area (Å²) < 4.78 is 0. The molecule has 4 nitrogen and oxygen atoms in total. The zero-order valence-electron chi connectivity index (χ0n) is 12.6. The van der Waals surface area contributed by atoms with Gasteiger partial charge in [-0.05, 0) is 43.2 Å². The quantitative estimate of drug-likeness (QED) is 0.851. The van der Waals surface area contributed by atoms with Gasteiger partial charge in [0.1, 0.15) is 0 Å². The lowest BCUT2D eigenvalue weighted by atomic mass is 10.1. The van der Waals surface area contributed by atoms with Gasteiger partial charge in [-0.3, -0.25) is 9.59 Å². The molecule has 0 saturated carbocycles.